The van der Waals surface area contributed by atoms with Crippen LogP contribution >= 0.6 is 11.6 Å². The number of nitriles is 1. The fourth-order valence-electron chi connectivity index (χ4n) is 5.43. The van der Waals surface area contributed by atoms with Crippen LogP contribution in [0.4, 0.5) is 0 Å². The summed E-state index contributed by atoms with van der Waals surface area (Å²) in [5.41, 5.74) is -0.0243. The number of hydrogen-bond acceptors (Lipinski definition) is 8. The van der Waals surface area contributed by atoms with Crippen LogP contribution in [0.2, 0.25) is 0 Å². The minimum absolute atomic E-state index is 0.338. The Balaban J connectivity index is 1.45. The molecule has 1 aliphatic carbocycles. The van der Waals surface area contributed by atoms with E-state index in [4.69, 9.17) is 21.1 Å². The minimum atomic E-state index is -0.632. The first-order valence-electron chi connectivity index (χ1n) is 13.0. The molecule has 1 unspecified atom stereocenters. The standard InChI is InChI=1S/C27H39ClN6O2/c1-20(17-35-2)32-22-3-5-23(6-4-22)33-27(21-8-13-30-14-9-21)10-7-24(28)25(34-27)31-19-26(18-29)11-15-36-16-12-26/h7-10,13-14,20,22-23,31-34H,3-6,11-12,15-17,19H2,1-2H3/t20-,22?,23?,27?/m1/s1. The Morgan fingerprint density at radius 1 is 1.22 bits per heavy atom. The Hall–Kier alpha value is -2.15. The number of pyridine rings is 1. The van der Waals surface area contributed by atoms with E-state index >= 15 is 0 Å². The fraction of sp³-hybridized carbons (Fsp3) is 0.630. The van der Waals surface area contributed by atoms with Crippen LogP contribution in [-0.4, -0.2) is 56.6 Å². The summed E-state index contributed by atoms with van der Waals surface area (Å²) in [5, 5.41) is 25.2. The lowest BCUT2D eigenvalue weighted by Gasteiger charge is -2.43. The van der Waals surface area contributed by atoms with Gasteiger partial charge in [0.05, 0.1) is 23.1 Å². The molecule has 2 fully saturated rings. The third kappa shape index (κ3) is 6.58. The molecule has 1 aromatic heterocycles. The van der Waals surface area contributed by atoms with Crippen LogP contribution in [0.3, 0.4) is 0 Å². The second-order valence-electron chi connectivity index (χ2n) is 10.3. The van der Waals surface area contributed by atoms with E-state index in [2.05, 4.69) is 45.3 Å². The fourth-order valence-corrected chi connectivity index (χ4v) is 5.61. The molecular formula is C27H39ClN6O2. The molecular weight excluding hydrogens is 476 g/mol. The summed E-state index contributed by atoms with van der Waals surface area (Å²) < 4.78 is 10.8. The SMILES string of the molecule is COC[C@@H](C)NC1CCC(NC2(c3ccncc3)C=CC(Cl)=C(NCC3(C#N)CCOCC3)N2)CC1. The van der Waals surface area contributed by atoms with Crippen molar-refractivity contribution < 1.29 is 9.47 Å². The quantitative estimate of drug-likeness (QED) is 0.377. The molecule has 3 aliphatic rings. The van der Waals surface area contributed by atoms with E-state index in [-0.39, 0.29) is 0 Å². The first kappa shape index (κ1) is 26.9. The lowest BCUT2D eigenvalue weighted by molar-refractivity contribution is 0.0411. The number of ether oxygens (including phenoxy) is 2. The van der Waals surface area contributed by atoms with Crippen molar-refractivity contribution in [2.45, 2.75) is 69.2 Å². The maximum Gasteiger partial charge on any atom is 0.136 e. The van der Waals surface area contributed by atoms with Gasteiger partial charge in [-0.05, 0) is 75.3 Å². The molecule has 0 radical (unpaired) electrons. The molecule has 0 amide bonds. The van der Waals surface area contributed by atoms with E-state index < -0.39 is 11.1 Å². The zero-order valence-electron chi connectivity index (χ0n) is 21.4. The highest BCUT2D eigenvalue weighted by Gasteiger charge is 2.38. The Bertz CT molecular complexity index is 951. The van der Waals surface area contributed by atoms with Crippen molar-refractivity contribution in [3.63, 3.8) is 0 Å². The van der Waals surface area contributed by atoms with Gasteiger partial charge in [-0.3, -0.25) is 10.3 Å². The van der Waals surface area contributed by atoms with Gasteiger partial charge in [-0.1, -0.05) is 11.6 Å². The molecule has 8 nitrogen and oxygen atoms in total. The Morgan fingerprint density at radius 2 is 1.92 bits per heavy atom. The van der Waals surface area contributed by atoms with Crippen LogP contribution in [0.5, 0.6) is 0 Å². The van der Waals surface area contributed by atoms with Crippen LogP contribution in [0.25, 0.3) is 0 Å². The first-order valence-corrected chi connectivity index (χ1v) is 13.4. The second kappa shape index (κ2) is 12.4. The molecule has 2 aliphatic heterocycles. The second-order valence-corrected chi connectivity index (χ2v) is 10.7. The maximum atomic E-state index is 9.88. The minimum Gasteiger partial charge on any atom is -0.383 e. The van der Waals surface area contributed by atoms with Crippen LogP contribution < -0.4 is 21.3 Å². The van der Waals surface area contributed by atoms with Crippen molar-refractivity contribution in [3.8, 4) is 6.07 Å². The van der Waals surface area contributed by atoms with E-state index in [1.54, 1.807) is 7.11 Å². The number of nitrogens with zero attached hydrogens (tertiary/aromatic N) is 2. The van der Waals surface area contributed by atoms with Gasteiger partial charge in [0.2, 0.25) is 0 Å². The van der Waals surface area contributed by atoms with Gasteiger partial charge in [-0.15, -0.1) is 0 Å². The van der Waals surface area contributed by atoms with E-state index in [1.165, 1.54) is 0 Å². The van der Waals surface area contributed by atoms with Crippen molar-refractivity contribution >= 4 is 11.6 Å². The first-order chi connectivity index (χ1) is 17.5. The molecule has 1 saturated carbocycles. The highest BCUT2D eigenvalue weighted by molar-refractivity contribution is 6.31. The van der Waals surface area contributed by atoms with Crippen LogP contribution in [0, 0.1) is 16.7 Å². The Kier molecular flexibility index (Phi) is 9.26. The van der Waals surface area contributed by atoms with Gasteiger partial charge in [0.1, 0.15) is 11.5 Å². The van der Waals surface area contributed by atoms with E-state index in [0.29, 0.717) is 55.8 Å². The molecule has 0 aromatic carbocycles. The molecule has 0 bridgehead atoms. The highest BCUT2D eigenvalue weighted by atomic mass is 35.5. The molecule has 4 N–H and O–H groups in total. The van der Waals surface area contributed by atoms with Gasteiger partial charge >= 0.3 is 0 Å². The summed E-state index contributed by atoms with van der Waals surface area (Å²) >= 11 is 6.64. The summed E-state index contributed by atoms with van der Waals surface area (Å²) in [7, 11) is 1.75. The van der Waals surface area contributed by atoms with Gasteiger partial charge in [-0.2, -0.15) is 5.26 Å². The van der Waals surface area contributed by atoms with Crippen molar-refractivity contribution in [2.75, 3.05) is 33.5 Å². The average Bonchev–Trinajstić information content (AvgIpc) is 2.91. The summed E-state index contributed by atoms with van der Waals surface area (Å²) in [6, 6.07) is 7.77. The predicted molar refractivity (Wildman–Crippen MR) is 141 cm³/mol. The zero-order valence-corrected chi connectivity index (χ0v) is 22.1. The molecule has 4 rings (SSSR count). The number of halogens is 1. The highest BCUT2D eigenvalue weighted by Crippen LogP contribution is 2.32. The molecule has 1 aromatic rings. The summed E-state index contributed by atoms with van der Waals surface area (Å²) in [6.07, 6.45) is 13.4. The number of dihydropyridines is 1. The van der Waals surface area contributed by atoms with Crippen LogP contribution in [-0.2, 0) is 15.1 Å². The third-order valence-electron chi connectivity index (χ3n) is 7.56. The van der Waals surface area contributed by atoms with E-state index in [0.717, 1.165) is 43.7 Å². The lowest BCUT2D eigenvalue weighted by atomic mass is 9.81. The number of nitrogens with one attached hydrogen (secondary N) is 4. The van der Waals surface area contributed by atoms with Crippen LogP contribution in [0.1, 0.15) is 51.0 Å². The van der Waals surface area contributed by atoms with Gasteiger partial charge in [-0.25, -0.2) is 0 Å². The molecule has 3 heterocycles. The van der Waals surface area contributed by atoms with E-state index in [1.807, 2.05) is 30.6 Å². The monoisotopic (exact) mass is 514 g/mol. The number of hydrogen-bond donors (Lipinski definition) is 4. The lowest BCUT2D eigenvalue weighted by Crippen LogP contribution is -2.59. The van der Waals surface area contributed by atoms with Crippen molar-refractivity contribution in [1.82, 2.24) is 26.3 Å². The maximum absolute atomic E-state index is 9.88. The molecule has 196 valence electrons. The number of rotatable bonds is 10. The van der Waals surface area contributed by atoms with Crippen molar-refractivity contribution in [3.05, 3.63) is 53.1 Å². The molecule has 9 heteroatoms. The normalized spacial score (nSPS) is 28.7. The number of allylic oxidation sites excluding steroid dienone is 2. The predicted octanol–water partition coefficient (Wildman–Crippen LogP) is 3.24. The van der Waals surface area contributed by atoms with Gasteiger partial charge in [0.15, 0.2) is 0 Å². The van der Waals surface area contributed by atoms with Gasteiger partial charge < -0.3 is 25.4 Å². The zero-order chi connectivity index (χ0) is 25.4. The smallest absolute Gasteiger partial charge is 0.136 e. The van der Waals surface area contributed by atoms with Crippen LogP contribution in [0.15, 0.2) is 47.5 Å². The topological polar surface area (TPSA) is 103 Å². The summed E-state index contributed by atoms with van der Waals surface area (Å²) in [4.78, 5) is 4.22. The summed E-state index contributed by atoms with van der Waals surface area (Å²) in [5.74, 6) is 0.730. The number of methoxy groups -OCH3 is 1. The third-order valence-corrected chi connectivity index (χ3v) is 7.88. The Morgan fingerprint density at radius 3 is 2.58 bits per heavy atom. The van der Waals surface area contributed by atoms with Gasteiger partial charge in [0.25, 0.3) is 0 Å². The molecule has 36 heavy (non-hydrogen) atoms. The van der Waals surface area contributed by atoms with E-state index in [9.17, 15) is 5.26 Å². The number of aromatic nitrogens is 1. The summed E-state index contributed by atoms with van der Waals surface area (Å²) in [6.45, 7) is 4.63. The average molecular weight is 515 g/mol. The van der Waals surface area contributed by atoms with Crippen molar-refractivity contribution in [2.24, 2.45) is 5.41 Å². The molecule has 0 spiro atoms. The largest absolute Gasteiger partial charge is 0.383 e. The van der Waals surface area contributed by atoms with Gasteiger partial charge in [0, 0.05) is 57.4 Å². The Labute approximate surface area is 219 Å². The van der Waals surface area contributed by atoms with Crippen molar-refractivity contribution in [1.29, 1.82) is 5.26 Å². The molecule has 1 saturated heterocycles. The molecule has 2 atom stereocenters.